The number of para-hydroxylation sites is 1. The molecule has 0 spiro atoms. The molecule has 0 fully saturated rings. The van der Waals surface area contributed by atoms with Crippen molar-refractivity contribution in [3.8, 4) is 5.75 Å². The molecule has 0 aromatic heterocycles. The SMILES string of the molecule is CC(NC(=O)NCCN(C)C)Oc1ccccc1C(C)C. The number of rotatable bonds is 7. The van der Waals surface area contributed by atoms with Crippen LogP contribution in [0.5, 0.6) is 5.75 Å². The number of carbonyl (C=O) groups is 1. The molecule has 0 aliphatic carbocycles. The summed E-state index contributed by atoms with van der Waals surface area (Å²) in [5, 5.41) is 5.57. The zero-order valence-electron chi connectivity index (χ0n) is 13.6. The van der Waals surface area contributed by atoms with Crippen molar-refractivity contribution in [2.75, 3.05) is 27.2 Å². The summed E-state index contributed by atoms with van der Waals surface area (Å²) in [6.45, 7) is 7.47. The highest BCUT2D eigenvalue weighted by Gasteiger charge is 2.12. The Hall–Kier alpha value is -1.75. The van der Waals surface area contributed by atoms with Crippen molar-refractivity contribution in [1.29, 1.82) is 0 Å². The molecular formula is C16H27N3O2. The standard InChI is InChI=1S/C16H27N3O2/c1-12(2)14-8-6-7-9-15(14)21-13(3)18-16(20)17-10-11-19(4)5/h6-9,12-13H,10-11H2,1-5H3,(H2,17,18,20). The fourth-order valence-corrected chi connectivity index (χ4v) is 1.91. The van der Waals surface area contributed by atoms with Gasteiger partial charge in [-0.25, -0.2) is 4.79 Å². The highest BCUT2D eigenvalue weighted by molar-refractivity contribution is 5.73. The molecule has 2 amide bonds. The molecule has 0 aliphatic heterocycles. The van der Waals surface area contributed by atoms with Crippen LogP contribution in [0.1, 0.15) is 32.3 Å². The number of ether oxygens (including phenoxy) is 1. The maximum atomic E-state index is 11.7. The third-order valence-corrected chi connectivity index (χ3v) is 3.02. The van der Waals surface area contributed by atoms with Crippen LogP contribution in [0.2, 0.25) is 0 Å². The molecule has 0 bridgehead atoms. The zero-order chi connectivity index (χ0) is 15.8. The van der Waals surface area contributed by atoms with E-state index in [1.54, 1.807) is 0 Å². The van der Waals surface area contributed by atoms with Gasteiger partial charge in [0.25, 0.3) is 0 Å². The molecule has 5 heteroatoms. The Bertz CT molecular complexity index is 447. The summed E-state index contributed by atoms with van der Waals surface area (Å²) in [5.41, 5.74) is 1.14. The van der Waals surface area contributed by atoms with Crippen molar-refractivity contribution < 1.29 is 9.53 Å². The second kappa shape index (κ2) is 8.52. The van der Waals surface area contributed by atoms with Crippen LogP contribution in [0.3, 0.4) is 0 Å². The van der Waals surface area contributed by atoms with Gasteiger partial charge in [0, 0.05) is 13.1 Å². The highest BCUT2D eigenvalue weighted by Crippen LogP contribution is 2.26. The maximum Gasteiger partial charge on any atom is 0.317 e. The van der Waals surface area contributed by atoms with E-state index in [2.05, 4.69) is 24.5 Å². The summed E-state index contributed by atoms with van der Waals surface area (Å²) in [6.07, 6.45) is -0.385. The van der Waals surface area contributed by atoms with Crippen LogP contribution in [0.4, 0.5) is 4.79 Å². The lowest BCUT2D eigenvalue weighted by molar-refractivity contribution is 0.175. The average molecular weight is 293 g/mol. The normalized spacial score (nSPS) is 12.3. The minimum atomic E-state index is -0.385. The molecular weight excluding hydrogens is 266 g/mol. The lowest BCUT2D eigenvalue weighted by Gasteiger charge is -2.20. The topological polar surface area (TPSA) is 53.6 Å². The molecule has 0 heterocycles. The minimum Gasteiger partial charge on any atom is -0.471 e. The van der Waals surface area contributed by atoms with E-state index in [0.717, 1.165) is 17.9 Å². The van der Waals surface area contributed by atoms with Gasteiger partial charge in [0.15, 0.2) is 6.23 Å². The number of benzene rings is 1. The molecule has 1 aromatic rings. The Morgan fingerprint density at radius 3 is 2.52 bits per heavy atom. The monoisotopic (exact) mass is 293 g/mol. The van der Waals surface area contributed by atoms with E-state index in [9.17, 15) is 4.79 Å². The molecule has 0 saturated carbocycles. The molecule has 1 atom stereocenters. The van der Waals surface area contributed by atoms with Gasteiger partial charge < -0.3 is 20.3 Å². The third-order valence-electron chi connectivity index (χ3n) is 3.02. The molecule has 0 saturated heterocycles. The average Bonchev–Trinajstić information content (AvgIpc) is 2.38. The molecule has 1 rings (SSSR count). The first-order valence-electron chi connectivity index (χ1n) is 7.34. The Kier molecular flexibility index (Phi) is 7.02. The first-order valence-corrected chi connectivity index (χ1v) is 7.34. The van der Waals surface area contributed by atoms with Gasteiger partial charge in [0.2, 0.25) is 0 Å². The van der Waals surface area contributed by atoms with Crippen LogP contribution in [0, 0.1) is 0 Å². The minimum absolute atomic E-state index is 0.216. The van der Waals surface area contributed by atoms with Crippen molar-refractivity contribution in [2.45, 2.75) is 32.9 Å². The van der Waals surface area contributed by atoms with Crippen molar-refractivity contribution in [3.63, 3.8) is 0 Å². The van der Waals surface area contributed by atoms with Crippen LogP contribution in [0.15, 0.2) is 24.3 Å². The van der Waals surface area contributed by atoms with Crippen LogP contribution >= 0.6 is 0 Å². The lowest BCUT2D eigenvalue weighted by Crippen LogP contribution is -2.45. The van der Waals surface area contributed by atoms with Gasteiger partial charge in [0.1, 0.15) is 5.75 Å². The van der Waals surface area contributed by atoms with E-state index in [0.29, 0.717) is 12.5 Å². The summed E-state index contributed by atoms with van der Waals surface area (Å²) in [4.78, 5) is 13.7. The molecule has 1 aromatic carbocycles. The summed E-state index contributed by atoms with van der Waals surface area (Å²) in [5.74, 6) is 1.19. The van der Waals surface area contributed by atoms with Crippen LogP contribution in [0.25, 0.3) is 0 Å². The number of nitrogens with one attached hydrogen (secondary N) is 2. The number of hydrogen-bond acceptors (Lipinski definition) is 3. The number of urea groups is 1. The van der Waals surface area contributed by atoms with E-state index < -0.39 is 0 Å². The summed E-state index contributed by atoms with van der Waals surface area (Å²) >= 11 is 0. The zero-order valence-corrected chi connectivity index (χ0v) is 13.6. The first kappa shape index (κ1) is 17.3. The van der Waals surface area contributed by atoms with Gasteiger partial charge >= 0.3 is 6.03 Å². The van der Waals surface area contributed by atoms with Crippen molar-refractivity contribution in [1.82, 2.24) is 15.5 Å². The summed E-state index contributed by atoms with van der Waals surface area (Å²) in [7, 11) is 3.93. The lowest BCUT2D eigenvalue weighted by atomic mass is 10.0. The number of nitrogens with zero attached hydrogens (tertiary/aromatic N) is 1. The van der Waals surface area contributed by atoms with Crippen LogP contribution in [-0.4, -0.2) is 44.3 Å². The third kappa shape index (κ3) is 6.49. The largest absolute Gasteiger partial charge is 0.471 e. The van der Waals surface area contributed by atoms with Gasteiger partial charge in [-0.2, -0.15) is 0 Å². The smallest absolute Gasteiger partial charge is 0.317 e. The van der Waals surface area contributed by atoms with E-state index in [-0.39, 0.29) is 12.3 Å². The number of hydrogen-bond donors (Lipinski definition) is 2. The molecule has 0 radical (unpaired) electrons. The van der Waals surface area contributed by atoms with Crippen LogP contribution in [-0.2, 0) is 0 Å². The van der Waals surface area contributed by atoms with Gasteiger partial charge in [-0.05, 0) is 38.6 Å². The predicted molar refractivity (Wildman–Crippen MR) is 85.7 cm³/mol. The van der Waals surface area contributed by atoms with Crippen molar-refractivity contribution in [3.05, 3.63) is 29.8 Å². The van der Waals surface area contributed by atoms with Gasteiger partial charge in [-0.3, -0.25) is 0 Å². The highest BCUT2D eigenvalue weighted by atomic mass is 16.5. The Morgan fingerprint density at radius 1 is 1.24 bits per heavy atom. The predicted octanol–water partition coefficient (Wildman–Crippen LogP) is 2.40. The molecule has 0 aliphatic rings. The second-order valence-corrected chi connectivity index (χ2v) is 5.66. The number of carbonyl (C=O) groups excluding carboxylic acids is 1. The molecule has 1 unspecified atom stereocenters. The van der Waals surface area contributed by atoms with Crippen molar-refractivity contribution >= 4 is 6.03 Å². The van der Waals surface area contributed by atoms with Crippen LogP contribution < -0.4 is 15.4 Å². The fraction of sp³-hybridized carbons (Fsp3) is 0.562. The van der Waals surface area contributed by atoms with Crippen molar-refractivity contribution in [2.24, 2.45) is 0 Å². The molecule has 5 nitrogen and oxygen atoms in total. The van der Waals surface area contributed by atoms with Gasteiger partial charge in [0.05, 0.1) is 0 Å². The molecule has 118 valence electrons. The maximum absolute atomic E-state index is 11.7. The van der Waals surface area contributed by atoms with Gasteiger partial charge in [-0.15, -0.1) is 0 Å². The Morgan fingerprint density at radius 2 is 1.90 bits per heavy atom. The van der Waals surface area contributed by atoms with E-state index in [1.807, 2.05) is 50.2 Å². The quantitative estimate of drug-likeness (QED) is 0.759. The second-order valence-electron chi connectivity index (χ2n) is 5.66. The number of amides is 2. The van der Waals surface area contributed by atoms with E-state index in [4.69, 9.17) is 4.74 Å². The van der Waals surface area contributed by atoms with E-state index in [1.165, 1.54) is 0 Å². The van der Waals surface area contributed by atoms with E-state index >= 15 is 0 Å². The number of likely N-dealkylation sites (N-methyl/N-ethyl adjacent to an activating group) is 1. The van der Waals surface area contributed by atoms with Gasteiger partial charge in [-0.1, -0.05) is 32.0 Å². The Balaban J connectivity index is 2.46. The molecule has 21 heavy (non-hydrogen) atoms. The first-order chi connectivity index (χ1) is 9.90. The fourth-order valence-electron chi connectivity index (χ4n) is 1.91. The summed E-state index contributed by atoms with van der Waals surface area (Å²) < 4.78 is 5.82. The summed E-state index contributed by atoms with van der Waals surface area (Å²) in [6, 6.07) is 7.69. The molecule has 2 N–H and O–H groups in total. The Labute approximate surface area is 127 Å².